The monoisotopic (exact) mass is 492 g/mol. The van der Waals surface area contributed by atoms with E-state index in [1.54, 1.807) is 30.8 Å². The number of imidazole rings is 1. The first-order valence-electron chi connectivity index (χ1n) is 11.5. The molecule has 0 radical (unpaired) electrons. The highest BCUT2D eigenvalue weighted by Gasteiger charge is 2.24. The zero-order chi connectivity index (χ0) is 24.9. The van der Waals surface area contributed by atoms with Crippen molar-refractivity contribution in [1.82, 2.24) is 18.9 Å². The summed E-state index contributed by atoms with van der Waals surface area (Å²) in [5, 5.41) is 0. The van der Waals surface area contributed by atoms with Gasteiger partial charge in [-0.1, -0.05) is 19.4 Å². The molecule has 0 atom stereocenters. The van der Waals surface area contributed by atoms with Crippen molar-refractivity contribution < 1.29 is 4.79 Å². The zero-order valence-electron chi connectivity index (χ0n) is 19.7. The van der Waals surface area contributed by atoms with Crippen LogP contribution in [0.3, 0.4) is 0 Å². The van der Waals surface area contributed by atoms with Gasteiger partial charge in [0, 0.05) is 41.7 Å². The van der Waals surface area contributed by atoms with Gasteiger partial charge in [-0.15, -0.1) is 11.8 Å². The number of aromatic amines is 1. The molecule has 0 bridgehead atoms. The second-order valence-electron chi connectivity index (χ2n) is 8.06. The third kappa shape index (κ3) is 5.17. The SMILES string of the molecule is CCCCn1c(N)c(N(CC)C(=O)c2ccc(SCc3cn4ccccc4n3)cc2)c(=O)[nH]c1=O. The third-order valence-corrected chi connectivity index (χ3v) is 6.73. The van der Waals surface area contributed by atoms with Gasteiger partial charge in [-0.05, 0) is 49.7 Å². The van der Waals surface area contributed by atoms with Crippen molar-refractivity contribution in [2.75, 3.05) is 17.2 Å². The molecule has 9 nitrogen and oxygen atoms in total. The topological polar surface area (TPSA) is 118 Å². The summed E-state index contributed by atoms with van der Waals surface area (Å²) in [6.07, 6.45) is 5.55. The number of rotatable bonds is 9. The number of fused-ring (bicyclic) bond motifs is 1. The standard InChI is InChI=1S/C25H28N6O3S/c1-3-5-14-31-22(26)21(23(32)28-25(31)34)30(4-2)24(33)17-9-11-19(12-10-17)35-16-18-15-29-13-7-6-8-20(29)27-18/h6-13,15H,3-5,14,16,26H2,1-2H3,(H,28,32,34). The average molecular weight is 493 g/mol. The molecule has 3 N–H and O–H groups in total. The minimum absolute atomic E-state index is 0.00139. The van der Waals surface area contributed by atoms with E-state index in [4.69, 9.17) is 5.73 Å². The molecule has 182 valence electrons. The van der Waals surface area contributed by atoms with Crippen LogP contribution in [0.5, 0.6) is 0 Å². The van der Waals surface area contributed by atoms with Gasteiger partial charge in [-0.2, -0.15) is 0 Å². The molecule has 35 heavy (non-hydrogen) atoms. The minimum atomic E-state index is -0.671. The number of benzene rings is 1. The maximum Gasteiger partial charge on any atom is 0.330 e. The lowest BCUT2D eigenvalue weighted by molar-refractivity contribution is 0.0988. The van der Waals surface area contributed by atoms with E-state index in [1.807, 2.05) is 54.0 Å². The number of anilines is 2. The molecule has 4 rings (SSSR count). The Bertz CT molecular complexity index is 1420. The molecule has 3 aromatic heterocycles. The molecule has 4 aromatic rings. The van der Waals surface area contributed by atoms with E-state index in [-0.39, 0.29) is 24.0 Å². The minimum Gasteiger partial charge on any atom is -0.383 e. The summed E-state index contributed by atoms with van der Waals surface area (Å²) >= 11 is 1.62. The Kier molecular flexibility index (Phi) is 7.40. The second-order valence-corrected chi connectivity index (χ2v) is 9.11. The largest absolute Gasteiger partial charge is 0.383 e. The van der Waals surface area contributed by atoms with Crippen molar-refractivity contribution in [3.05, 3.63) is 87.0 Å². The molecule has 10 heteroatoms. The molecule has 1 aromatic carbocycles. The Morgan fingerprint density at radius 3 is 2.60 bits per heavy atom. The summed E-state index contributed by atoms with van der Waals surface area (Å²) in [4.78, 5) is 47.3. The summed E-state index contributed by atoms with van der Waals surface area (Å²) in [6.45, 7) is 4.35. The molecule has 0 spiro atoms. The molecule has 0 fully saturated rings. The molecule has 0 saturated carbocycles. The van der Waals surface area contributed by atoms with Crippen molar-refractivity contribution in [3.63, 3.8) is 0 Å². The number of amides is 1. The van der Waals surface area contributed by atoms with E-state index in [0.29, 0.717) is 17.9 Å². The predicted molar refractivity (Wildman–Crippen MR) is 139 cm³/mol. The van der Waals surface area contributed by atoms with Crippen LogP contribution < -0.4 is 21.9 Å². The highest BCUT2D eigenvalue weighted by molar-refractivity contribution is 7.98. The Hall–Kier alpha value is -3.79. The number of unbranched alkanes of at least 4 members (excludes halogenated alkanes) is 1. The van der Waals surface area contributed by atoms with Crippen LogP contribution in [0.4, 0.5) is 11.5 Å². The predicted octanol–water partition coefficient (Wildman–Crippen LogP) is 3.53. The third-order valence-electron chi connectivity index (χ3n) is 5.68. The lowest BCUT2D eigenvalue weighted by Gasteiger charge is -2.23. The number of carbonyl (C=O) groups is 1. The number of carbonyl (C=O) groups excluding carboxylic acids is 1. The van der Waals surface area contributed by atoms with E-state index in [0.717, 1.165) is 29.1 Å². The van der Waals surface area contributed by atoms with Gasteiger partial charge in [0.05, 0.1) is 5.69 Å². The number of H-pyrrole nitrogens is 1. The van der Waals surface area contributed by atoms with Crippen LogP contribution >= 0.6 is 11.8 Å². The van der Waals surface area contributed by atoms with E-state index >= 15 is 0 Å². The molecular formula is C25H28N6O3S. The molecule has 3 heterocycles. The number of hydrogen-bond donors (Lipinski definition) is 2. The smallest absolute Gasteiger partial charge is 0.330 e. The van der Waals surface area contributed by atoms with Crippen LogP contribution in [0, 0.1) is 0 Å². The number of nitrogens with one attached hydrogen (secondary N) is 1. The summed E-state index contributed by atoms with van der Waals surface area (Å²) in [5.41, 5.74) is 7.25. The van der Waals surface area contributed by atoms with Gasteiger partial charge < -0.3 is 15.0 Å². The van der Waals surface area contributed by atoms with Crippen molar-refractivity contribution in [2.24, 2.45) is 0 Å². The van der Waals surface area contributed by atoms with Gasteiger partial charge in [0.2, 0.25) is 0 Å². The Balaban J connectivity index is 1.52. The zero-order valence-corrected chi connectivity index (χ0v) is 20.5. The van der Waals surface area contributed by atoms with Gasteiger partial charge >= 0.3 is 5.69 Å². The highest BCUT2D eigenvalue weighted by atomic mass is 32.2. The number of aromatic nitrogens is 4. The Morgan fingerprint density at radius 2 is 1.91 bits per heavy atom. The summed E-state index contributed by atoms with van der Waals surface area (Å²) in [6, 6.07) is 13.1. The molecule has 0 unspecified atom stereocenters. The van der Waals surface area contributed by atoms with Gasteiger partial charge in [0.1, 0.15) is 11.5 Å². The number of nitrogens with zero attached hydrogens (tertiary/aromatic N) is 4. The molecule has 0 aliphatic rings. The molecule has 0 aliphatic carbocycles. The van der Waals surface area contributed by atoms with Crippen LogP contribution in [-0.2, 0) is 12.3 Å². The summed E-state index contributed by atoms with van der Waals surface area (Å²) in [7, 11) is 0. The number of thioether (sulfide) groups is 1. The number of hydrogen-bond acceptors (Lipinski definition) is 6. The fourth-order valence-corrected chi connectivity index (χ4v) is 4.63. The first-order valence-corrected chi connectivity index (χ1v) is 12.5. The fourth-order valence-electron chi connectivity index (χ4n) is 3.84. The quantitative estimate of drug-likeness (QED) is 0.345. The van der Waals surface area contributed by atoms with Crippen molar-refractivity contribution in [1.29, 1.82) is 0 Å². The van der Waals surface area contributed by atoms with Crippen molar-refractivity contribution in [2.45, 2.75) is 43.9 Å². The second kappa shape index (κ2) is 10.6. The van der Waals surface area contributed by atoms with Gasteiger partial charge in [0.25, 0.3) is 11.5 Å². The van der Waals surface area contributed by atoms with Crippen LogP contribution in [0.25, 0.3) is 5.65 Å². The van der Waals surface area contributed by atoms with Crippen molar-refractivity contribution >= 4 is 34.8 Å². The van der Waals surface area contributed by atoms with Gasteiger partial charge in [0.15, 0.2) is 5.69 Å². The first kappa shape index (κ1) is 24.3. The number of pyridine rings is 1. The lowest BCUT2D eigenvalue weighted by atomic mass is 10.2. The first-order chi connectivity index (χ1) is 16.9. The van der Waals surface area contributed by atoms with Crippen LogP contribution in [0.2, 0.25) is 0 Å². The van der Waals surface area contributed by atoms with E-state index in [1.165, 1.54) is 9.47 Å². The number of nitrogens with two attached hydrogens (primary N) is 1. The molecule has 0 aliphatic heterocycles. The van der Waals surface area contributed by atoms with Gasteiger partial charge in [-0.3, -0.25) is 19.1 Å². The average Bonchev–Trinajstić information content (AvgIpc) is 3.28. The summed E-state index contributed by atoms with van der Waals surface area (Å²) in [5.74, 6) is 0.339. The maximum absolute atomic E-state index is 13.3. The molecule has 1 amide bonds. The normalized spacial score (nSPS) is 11.1. The fraction of sp³-hybridized carbons (Fsp3) is 0.280. The van der Waals surface area contributed by atoms with E-state index < -0.39 is 11.2 Å². The van der Waals surface area contributed by atoms with Crippen LogP contribution in [0.15, 0.2) is 69.3 Å². The highest BCUT2D eigenvalue weighted by Crippen LogP contribution is 2.25. The molecular weight excluding hydrogens is 464 g/mol. The Labute approximate surface area is 206 Å². The number of nitrogen functional groups attached to an aromatic ring is 1. The van der Waals surface area contributed by atoms with E-state index in [2.05, 4.69) is 9.97 Å². The van der Waals surface area contributed by atoms with Gasteiger partial charge in [-0.25, -0.2) is 9.78 Å². The van der Waals surface area contributed by atoms with E-state index in [9.17, 15) is 14.4 Å². The molecule has 0 saturated heterocycles. The summed E-state index contributed by atoms with van der Waals surface area (Å²) < 4.78 is 3.30. The van der Waals surface area contributed by atoms with Crippen LogP contribution in [0.1, 0.15) is 42.7 Å². The van der Waals surface area contributed by atoms with Crippen LogP contribution in [-0.4, -0.2) is 31.4 Å². The maximum atomic E-state index is 13.3. The lowest BCUT2D eigenvalue weighted by Crippen LogP contribution is -2.41. The van der Waals surface area contributed by atoms with Crippen molar-refractivity contribution in [3.8, 4) is 0 Å². The Morgan fingerprint density at radius 1 is 1.14 bits per heavy atom.